The Labute approximate surface area is 75.5 Å². The Kier molecular flexibility index (Phi) is 2.27. The Hall–Kier alpha value is -1.17. The highest BCUT2D eigenvalue weighted by atomic mass is 79.9. The number of rotatable bonds is 1. The second-order valence-corrected chi connectivity index (χ2v) is 2.90. The second-order valence-electron chi connectivity index (χ2n) is 2.05. The van der Waals surface area contributed by atoms with Crippen LogP contribution in [0.2, 0.25) is 0 Å². The van der Waals surface area contributed by atoms with Crippen LogP contribution in [0.3, 0.4) is 0 Å². The molecule has 6 heteroatoms. The number of nitro groups is 1. The molecule has 0 atom stereocenters. The van der Waals surface area contributed by atoms with E-state index >= 15 is 0 Å². The molecule has 2 N–H and O–H groups in total. The molecule has 12 heavy (non-hydrogen) atoms. The maximum Gasteiger partial charge on any atom is 0.309 e. The van der Waals surface area contributed by atoms with Crippen molar-refractivity contribution in [1.82, 2.24) is 0 Å². The lowest BCUT2D eigenvalue weighted by Crippen LogP contribution is -1.99. The van der Waals surface area contributed by atoms with Gasteiger partial charge in [0.25, 0.3) is 0 Å². The molecule has 0 aromatic heterocycles. The van der Waals surface area contributed by atoms with Crippen molar-refractivity contribution < 1.29 is 9.31 Å². The summed E-state index contributed by atoms with van der Waals surface area (Å²) in [4.78, 5) is 9.59. The lowest BCUT2D eigenvalue weighted by Gasteiger charge is -1.99. The molecule has 4 nitrogen and oxygen atoms in total. The second kappa shape index (κ2) is 3.06. The highest BCUT2D eigenvalue weighted by Gasteiger charge is 2.19. The summed E-state index contributed by atoms with van der Waals surface area (Å²) in [6.45, 7) is 0. The van der Waals surface area contributed by atoms with E-state index in [1.165, 1.54) is 6.07 Å². The first kappa shape index (κ1) is 8.92. The van der Waals surface area contributed by atoms with Crippen molar-refractivity contribution in [2.45, 2.75) is 0 Å². The topological polar surface area (TPSA) is 69.2 Å². The molecule has 0 amide bonds. The maximum atomic E-state index is 12.7. The fourth-order valence-electron chi connectivity index (χ4n) is 0.742. The van der Waals surface area contributed by atoms with Crippen LogP contribution in [-0.4, -0.2) is 4.92 Å². The Morgan fingerprint density at radius 2 is 2.17 bits per heavy atom. The third-order valence-corrected chi connectivity index (χ3v) is 1.94. The van der Waals surface area contributed by atoms with E-state index in [1.807, 2.05) is 0 Å². The van der Waals surface area contributed by atoms with Crippen LogP contribution < -0.4 is 5.73 Å². The molecule has 0 radical (unpaired) electrons. The number of benzene rings is 1. The average Bonchev–Trinajstić information content (AvgIpc) is 1.97. The zero-order valence-corrected chi connectivity index (χ0v) is 7.34. The van der Waals surface area contributed by atoms with Gasteiger partial charge >= 0.3 is 5.69 Å². The number of nitrogens with zero attached hydrogens (tertiary/aromatic N) is 1. The van der Waals surface area contributed by atoms with Crippen molar-refractivity contribution in [2.24, 2.45) is 0 Å². The SMILES string of the molecule is Nc1c(F)ccc(Br)c1[N+](=O)[O-]. The minimum atomic E-state index is -0.787. The highest BCUT2D eigenvalue weighted by Crippen LogP contribution is 2.32. The lowest BCUT2D eigenvalue weighted by molar-refractivity contribution is -0.384. The van der Waals surface area contributed by atoms with Gasteiger partial charge in [0, 0.05) is 0 Å². The first-order valence-electron chi connectivity index (χ1n) is 2.92. The standard InChI is InChI=1S/C6H4BrFN2O2/c7-3-1-2-4(8)5(9)6(3)10(11)12/h1-2H,9H2. The van der Waals surface area contributed by atoms with Crippen molar-refractivity contribution in [3.05, 3.63) is 32.5 Å². The van der Waals surface area contributed by atoms with Crippen molar-refractivity contribution >= 4 is 27.3 Å². The molecule has 1 rings (SSSR count). The number of nitrogens with two attached hydrogens (primary N) is 1. The van der Waals surface area contributed by atoms with E-state index in [9.17, 15) is 14.5 Å². The minimum absolute atomic E-state index is 0.173. The van der Waals surface area contributed by atoms with Crippen LogP contribution in [0.4, 0.5) is 15.8 Å². The molecule has 0 fully saturated rings. The number of halogens is 2. The summed E-state index contributed by atoms with van der Waals surface area (Å²) < 4.78 is 12.8. The van der Waals surface area contributed by atoms with E-state index in [0.717, 1.165) is 6.07 Å². The molecule has 0 bridgehead atoms. The van der Waals surface area contributed by atoms with E-state index in [4.69, 9.17) is 5.73 Å². The average molecular weight is 235 g/mol. The Balaban J connectivity index is 3.43. The normalized spacial score (nSPS) is 9.83. The Morgan fingerprint density at radius 1 is 1.58 bits per heavy atom. The summed E-state index contributed by atoms with van der Waals surface area (Å²) >= 11 is 2.89. The van der Waals surface area contributed by atoms with E-state index in [-0.39, 0.29) is 4.47 Å². The van der Waals surface area contributed by atoms with E-state index in [0.29, 0.717) is 0 Å². The van der Waals surface area contributed by atoms with Gasteiger partial charge in [0.15, 0.2) is 5.82 Å². The monoisotopic (exact) mass is 234 g/mol. The van der Waals surface area contributed by atoms with Crippen LogP contribution in [0.15, 0.2) is 16.6 Å². The summed E-state index contributed by atoms with van der Waals surface area (Å²) in [5.74, 6) is -0.787. The summed E-state index contributed by atoms with van der Waals surface area (Å²) in [7, 11) is 0. The van der Waals surface area contributed by atoms with Crippen LogP contribution in [0, 0.1) is 15.9 Å². The van der Waals surface area contributed by atoms with Crippen LogP contribution >= 0.6 is 15.9 Å². The van der Waals surface area contributed by atoms with Crippen LogP contribution in [-0.2, 0) is 0 Å². The molecule has 1 aromatic carbocycles. The maximum absolute atomic E-state index is 12.7. The van der Waals surface area contributed by atoms with Crippen molar-refractivity contribution in [3.8, 4) is 0 Å². The van der Waals surface area contributed by atoms with Crippen molar-refractivity contribution in [1.29, 1.82) is 0 Å². The van der Waals surface area contributed by atoms with E-state index in [1.54, 1.807) is 0 Å². The first-order valence-corrected chi connectivity index (χ1v) is 3.71. The zero-order valence-electron chi connectivity index (χ0n) is 5.75. The Bertz CT molecular complexity index is 343. The first-order chi connectivity index (χ1) is 5.54. The van der Waals surface area contributed by atoms with Crippen LogP contribution in [0.5, 0.6) is 0 Å². The van der Waals surface area contributed by atoms with E-state index in [2.05, 4.69) is 15.9 Å². The molecule has 0 aliphatic heterocycles. The fraction of sp³-hybridized carbons (Fsp3) is 0. The van der Waals surface area contributed by atoms with Gasteiger partial charge in [-0.25, -0.2) is 4.39 Å². The van der Waals surface area contributed by atoms with E-state index < -0.39 is 22.1 Å². The number of nitro benzene ring substituents is 1. The quantitative estimate of drug-likeness (QED) is 0.460. The lowest BCUT2D eigenvalue weighted by atomic mass is 10.2. The molecule has 0 heterocycles. The molecule has 0 aliphatic rings. The molecule has 0 aliphatic carbocycles. The van der Waals surface area contributed by atoms with Crippen LogP contribution in [0.25, 0.3) is 0 Å². The van der Waals surface area contributed by atoms with Gasteiger partial charge < -0.3 is 5.73 Å². The zero-order chi connectivity index (χ0) is 9.30. The number of anilines is 1. The number of nitrogen functional groups attached to an aromatic ring is 1. The molecular formula is C6H4BrFN2O2. The number of hydrogen-bond donors (Lipinski definition) is 1. The third-order valence-electron chi connectivity index (χ3n) is 1.30. The van der Waals surface area contributed by atoms with Gasteiger partial charge in [-0.05, 0) is 28.1 Å². The summed E-state index contributed by atoms with van der Waals surface area (Å²) in [5.41, 5.74) is 4.25. The molecular weight excluding hydrogens is 231 g/mol. The van der Waals surface area contributed by atoms with Gasteiger partial charge in [0.2, 0.25) is 0 Å². The van der Waals surface area contributed by atoms with Gasteiger partial charge in [-0.1, -0.05) is 0 Å². The van der Waals surface area contributed by atoms with Gasteiger partial charge in [0.1, 0.15) is 5.69 Å². The molecule has 0 spiro atoms. The molecule has 1 aromatic rings. The molecule has 0 saturated carbocycles. The van der Waals surface area contributed by atoms with Gasteiger partial charge in [0.05, 0.1) is 9.40 Å². The summed E-state index contributed by atoms with van der Waals surface area (Å²) in [6.07, 6.45) is 0. The number of hydrogen-bond acceptors (Lipinski definition) is 3. The van der Waals surface area contributed by atoms with Gasteiger partial charge in [-0.3, -0.25) is 10.1 Å². The fourth-order valence-corrected chi connectivity index (χ4v) is 1.23. The predicted octanol–water partition coefficient (Wildman–Crippen LogP) is 2.08. The van der Waals surface area contributed by atoms with Gasteiger partial charge in [-0.15, -0.1) is 0 Å². The van der Waals surface area contributed by atoms with Gasteiger partial charge in [-0.2, -0.15) is 0 Å². The van der Waals surface area contributed by atoms with Crippen LogP contribution in [0.1, 0.15) is 0 Å². The highest BCUT2D eigenvalue weighted by molar-refractivity contribution is 9.10. The molecule has 0 saturated heterocycles. The summed E-state index contributed by atoms with van der Waals surface area (Å²) in [6, 6.07) is 2.30. The smallest absolute Gasteiger partial charge is 0.309 e. The van der Waals surface area contributed by atoms with Crippen molar-refractivity contribution in [3.63, 3.8) is 0 Å². The third kappa shape index (κ3) is 1.38. The largest absolute Gasteiger partial charge is 0.391 e. The molecule has 64 valence electrons. The van der Waals surface area contributed by atoms with Crippen molar-refractivity contribution in [2.75, 3.05) is 5.73 Å². The minimum Gasteiger partial charge on any atom is -0.391 e. The molecule has 0 unspecified atom stereocenters. The predicted molar refractivity (Wildman–Crippen MR) is 45.2 cm³/mol. The Morgan fingerprint density at radius 3 is 2.58 bits per heavy atom. The summed E-state index contributed by atoms with van der Waals surface area (Å²) in [5, 5.41) is 10.3.